The quantitative estimate of drug-likeness (QED) is 0.676. The van der Waals surface area contributed by atoms with E-state index in [0.717, 1.165) is 9.26 Å². The number of hydrogen-bond donors (Lipinski definition) is 1. The average Bonchev–Trinajstić information content (AvgIpc) is 2.11. The monoisotopic (exact) mass is 331 g/mol. The molecule has 0 aromatic heterocycles. The Morgan fingerprint density at radius 3 is 2.67 bits per heavy atom. The van der Waals surface area contributed by atoms with Crippen molar-refractivity contribution in [2.45, 2.75) is 6.36 Å². The molecule has 1 rings (SSSR count). The van der Waals surface area contributed by atoms with Crippen molar-refractivity contribution in [3.63, 3.8) is 0 Å². The Kier molecular flexibility index (Phi) is 4.65. The molecule has 2 nitrogen and oxygen atoms in total. The van der Waals surface area contributed by atoms with E-state index in [2.05, 4.69) is 32.6 Å². The number of rotatable bonds is 4. The van der Waals surface area contributed by atoms with E-state index < -0.39 is 13.0 Å². The Bertz CT molecular complexity index is 316. The number of ether oxygens (including phenoxy) is 1. The summed E-state index contributed by atoms with van der Waals surface area (Å²) in [4.78, 5) is 0. The number of alkyl halides is 3. The van der Waals surface area contributed by atoms with E-state index in [1.807, 2.05) is 18.2 Å². The van der Waals surface area contributed by atoms with Crippen LogP contribution in [0.3, 0.4) is 0 Å². The van der Waals surface area contributed by atoms with Gasteiger partial charge in [-0.25, -0.2) is 0 Å². The van der Waals surface area contributed by atoms with Gasteiger partial charge in [0.25, 0.3) is 0 Å². The van der Waals surface area contributed by atoms with Gasteiger partial charge >= 0.3 is 6.36 Å². The highest BCUT2D eigenvalue weighted by Gasteiger charge is 2.28. The van der Waals surface area contributed by atoms with E-state index in [9.17, 15) is 13.2 Å². The maximum absolute atomic E-state index is 11.6. The van der Waals surface area contributed by atoms with E-state index in [-0.39, 0.29) is 6.54 Å². The summed E-state index contributed by atoms with van der Waals surface area (Å²) in [6.45, 7) is -0.269. The first-order valence-corrected chi connectivity index (χ1v) is 5.25. The van der Waals surface area contributed by atoms with Crippen molar-refractivity contribution in [2.75, 3.05) is 18.5 Å². The number of halogens is 4. The van der Waals surface area contributed by atoms with Gasteiger partial charge in [0.2, 0.25) is 0 Å². The number of anilines is 1. The predicted octanol–water partition coefficient (Wildman–Crippen LogP) is 3.24. The molecular weight excluding hydrogens is 322 g/mol. The number of benzene rings is 1. The van der Waals surface area contributed by atoms with Gasteiger partial charge in [0.05, 0.1) is 6.61 Å². The molecule has 0 aliphatic rings. The fourth-order valence-corrected chi connectivity index (χ4v) is 1.50. The summed E-state index contributed by atoms with van der Waals surface area (Å²) in [5.41, 5.74) is 0.785. The van der Waals surface area contributed by atoms with Crippen LogP contribution in [-0.4, -0.2) is 19.5 Å². The Morgan fingerprint density at radius 1 is 1.33 bits per heavy atom. The van der Waals surface area contributed by atoms with Gasteiger partial charge in [-0.2, -0.15) is 0 Å². The minimum Gasteiger partial charge on any atom is -0.383 e. The molecular formula is C9H9F3INO. The first-order valence-electron chi connectivity index (χ1n) is 4.17. The van der Waals surface area contributed by atoms with Crippen molar-refractivity contribution in [2.24, 2.45) is 0 Å². The molecule has 1 N–H and O–H groups in total. The van der Waals surface area contributed by atoms with Crippen LogP contribution >= 0.6 is 22.6 Å². The van der Waals surface area contributed by atoms with E-state index in [1.165, 1.54) is 0 Å². The van der Waals surface area contributed by atoms with Gasteiger partial charge < -0.3 is 5.32 Å². The predicted molar refractivity (Wildman–Crippen MR) is 59.7 cm³/mol. The van der Waals surface area contributed by atoms with Crippen LogP contribution in [0.15, 0.2) is 24.3 Å². The lowest BCUT2D eigenvalue weighted by Crippen LogP contribution is -2.19. The normalized spacial score (nSPS) is 11.5. The van der Waals surface area contributed by atoms with Crippen LogP contribution in [0.25, 0.3) is 0 Å². The fraction of sp³-hybridized carbons (Fsp3) is 0.333. The van der Waals surface area contributed by atoms with Crippen molar-refractivity contribution >= 4 is 28.3 Å². The van der Waals surface area contributed by atoms with Crippen molar-refractivity contribution in [3.8, 4) is 0 Å². The summed E-state index contributed by atoms with van der Waals surface area (Å²) in [7, 11) is 0. The third-order valence-corrected chi connectivity index (χ3v) is 2.19. The van der Waals surface area contributed by atoms with Crippen LogP contribution in [0.4, 0.5) is 18.9 Å². The van der Waals surface area contributed by atoms with Crippen molar-refractivity contribution in [1.29, 1.82) is 0 Å². The zero-order valence-corrected chi connectivity index (χ0v) is 9.80. The molecule has 0 saturated heterocycles. The molecule has 0 radical (unpaired) electrons. The summed E-state index contributed by atoms with van der Waals surface area (Å²) < 4.78 is 39.4. The zero-order chi connectivity index (χ0) is 11.3. The Hall–Kier alpha value is -0.500. The average molecular weight is 331 g/mol. The lowest BCUT2D eigenvalue weighted by atomic mass is 10.3. The molecule has 1 aromatic carbocycles. The molecule has 0 aliphatic heterocycles. The molecule has 0 spiro atoms. The second-order valence-electron chi connectivity index (χ2n) is 2.73. The minimum atomic E-state index is -4.55. The standard InChI is InChI=1S/C9H9F3INO/c10-9(11,12)15-5-4-14-8-3-1-2-7(13)6-8/h1-3,6,14H,4-5H2. The topological polar surface area (TPSA) is 21.3 Å². The highest BCUT2D eigenvalue weighted by molar-refractivity contribution is 14.1. The highest BCUT2D eigenvalue weighted by atomic mass is 127. The molecule has 0 heterocycles. The van der Waals surface area contributed by atoms with Crippen molar-refractivity contribution < 1.29 is 17.9 Å². The van der Waals surface area contributed by atoms with E-state index >= 15 is 0 Å². The molecule has 6 heteroatoms. The van der Waals surface area contributed by atoms with E-state index in [0.29, 0.717) is 0 Å². The number of hydrogen-bond acceptors (Lipinski definition) is 2. The second kappa shape index (κ2) is 5.55. The molecule has 0 fully saturated rings. The van der Waals surface area contributed by atoms with Crippen LogP contribution in [0.5, 0.6) is 0 Å². The van der Waals surface area contributed by atoms with Crippen LogP contribution in [0.2, 0.25) is 0 Å². The molecule has 0 amide bonds. The minimum absolute atomic E-state index is 0.125. The third-order valence-electron chi connectivity index (χ3n) is 1.52. The van der Waals surface area contributed by atoms with Gasteiger partial charge in [0, 0.05) is 15.8 Å². The first kappa shape index (κ1) is 12.6. The van der Waals surface area contributed by atoms with Gasteiger partial charge in [0.1, 0.15) is 0 Å². The van der Waals surface area contributed by atoms with Gasteiger partial charge in [-0.05, 0) is 40.8 Å². The van der Waals surface area contributed by atoms with Gasteiger partial charge in [-0.15, -0.1) is 13.2 Å². The molecule has 0 unspecified atom stereocenters. The largest absolute Gasteiger partial charge is 0.522 e. The third kappa shape index (κ3) is 5.83. The first-order chi connectivity index (χ1) is 6.97. The molecule has 0 aliphatic carbocycles. The summed E-state index contributed by atoms with van der Waals surface area (Å²) in [6.07, 6.45) is -4.55. The number of nitrogens with one attached hydrogen (secondary N) is 1. The fourth-order valence-electron chi connectivity index (χ4n) is 0.961. The Morgan fingerprint density at radius 2 is 2.07 bits per heavy atom. The molecule has 0 saturated carbocycles. The SMILES string of the molecule is FC(F)(F)OCCNc1cccc(I)c1. The van der Waals surface area contributed by atoms with Crippen LogP contribution in [0, 0.1) is 3.57 Å². The second-order valence-corrected chi connectivity index (χ2v) is 3.98. The Balaban J connectivity index is 2.26. The molecule has 0 atom stereocenters. The lowest BCUT2D eigenvalue weighted by Gasteiger charge is -2.09. The van der Waals surface area contributed by atoms with Crippen LogP contribution in [-0.2, 0) is 4.74 Å². The van der Waals surface area contributed by atoms with Crippen molar-refractivity contribution in [3.05, 3.63) is 27.8 Å². The maximum atomic E-state index is 11.6. The van der Waals surface area contributed by atoms with Crippen molar-refractivity contribution in [1.82, 2.24) is 0 Å². The zero-order valence-electron chi connectivity index (χ0n) is 7.64. The summed E-state index contributed by atoms with van der Waals surface area (Å²) in [5.74, 6) is 0. The summed E-state index contributed by atoms with van der Waals surface area (Å²) in [5, 5.41) is 2.83. The summed E-state index contributed by atoms with van der Waals surface area (Å²) in [6, 6.07) is 7.36. The van der Waals surface area contributed by atoms with Gasteiger partial charge in [-0.3, -0.25) is 4.74 Å². The highest BCUT2D eigenvalue weighted by Crippen LogP contribution is 2.16. The smallest absolute Gasteiger partial charge is 0.383 e. The van der Waals surface area contributed by atoms with Gasteiger partial charge in [-0.1, -0.05) is 6.07 Å². The molecule has 15 heavy (non-hydrogen) atoms. The molecule has 84 valence electrons. The van der Waals surface area contributed by atoms with E-state index in [1.54, 1.807) is 6.07 Å². The van der Waals surface area contributed by atoms with Crippen LogP contribution in [0.1, 0.15) is 0 Å². The maximum Gasteiger partial charge on any atom is 0.522 e. The van der Waals surface area contributed by atoms with Gasteiger partial charge in [0.15, 0.2) is 0 Å². The molecule has 1 aromatic rings. The summed E-state index contributed by atoms with van der Waals surface area (Å²) >= 11 is 2.13. The molecule has 0 bridgehead atoms. The lowest BCUT2D eigenvalue weighted by molar-refractivity contribution is -0.322. The van der Waals surface area contributed by atoms with E-state index in [4.69, 9.17) is 0 Å². The Labute approximate surface area is 98.9 Å². The van der Waals surface area contributed by atoms with Crippen LogP contribution < -0.4 is 5.32 Å².